The third kappa shape index (κ3) is 9.70. The number of aromatic nitrogens is 4. The number of rotatable bonds is 15. The molecule has 2 aromatic heterocycles. The number of anilines is 1. The average Bonchev–Trinajstić information content (AvgIpc) is 3.28. The van der Waals surface area contributed by atoms with Crippen molar-refractivity contribution in [1.82, 2.24) is 14.3 Å². The molecule has 0 bridgehead atoms. The molecule has 0 atom stereocenters. The molecule has 0 unspecified atom stereocenters. The number of hydrogen-bond acceptors (Lipinski definition) is 5. The van der Waals surface area contributed by atoms with Crippen LogP contribution in [0.5, 0.6) is 0 Å². The van der Waals surface area contributed by atoms with Gasteiger partial charge < -0.3 is 28.4 Å². The van der Waals surface area contributed by atoms with E-state index >= 15 is 0 Å². The van der Waals surface area contributed by atoms with Crippen LogP contribution in [-0.4, -0.2) is 20.9 Å². The van der Waals surface area contributed by atoms with Crippen molar-refractivity contribution in [3.63, 3.8) is 0 Å². The third-order valence-electron chi connectivity index (χ3n) is 5.13. The second kappa shape index (κ2) is 17.1. The minimum absolute atomic E-state index is 0. The van der Waals surface area contributed by atoms with Crippen molar-refractivity contribution < 1.29 is 21.5 Å². The van der Waals surface area contributed by atoms with Crippen molar-refractivity contribution in [2.24, 2.45) is 16.0 Å². The number of nitrogens with zero attached hydrogens (tertiary/aromatic N) is 6. The van der Waals surface area contributed by atoms with Gasteiger partial charge in [0, 0.05) is 11.7 Å². The van der Waals surface area contributed by atoms with Gasteiger partial charge in [0.25, 0.3) is 0 Å². The van der Waals surface area contributed by atoms with Crippen LogP contribution in [0.4, 0.5) is 17.5 Å². The number of aryl methyl sites for hydroxylation is 3. The van der Waals surface area contributed by atoms with Crippen LogP contribution in [-0.2, 0) is 19.6 Å². The Labute approximate surface area is 203 Å². The van der Waals surface area contributed by atoms with E-state index in [2.05, 4.69) is 50.7 Å². The molecule has 2 heterocycles. The monoisotopic (exact) mass is 518 g/mol. The number of imidazole rings is 1. The minimum atomic E-state index is 0. The molecule has 0 saturated heterocycles. The van der Waals surface area contributed by atoms with Crippen LogP contribution in [0.2, 0.25) is 0 Å². The number of halogens is 2. The zero-order valence-electron chi connectivity index (χ0n) is 19.0. The largest absolute Gasteiger partial charge is 1.00 e. The van der Waals surface area contributed by atoms with Crippen molar-refractivity contribution in [2.75, 3.05) is 12.3 Å². The molecule has 0 saturated carbocycles. The average molecular weight is 520 g/mol. The Bertz CT molecular complexity index is 744. The lowest BCUT2D eigenvalue weighted by Crippen LogP contribution is -3.00. The van der Waals surface area contributed by atoms with Crippen LogP contribution < -0.4 is 33.0 Å². The molecule has 10 heteroatoms. The summed E-state index contributed by atoms with van der Waals surface area (Å²) in [5.41, 5.74) is 12.6. The molecule has 0 aliphatic carbocycles. The van der Waals surface area contributed by atoms with Gasteiger partial charge in [-0.05, 0) is 25.8 Å². The fourth-order valence-corrected chi connectivity index (χ4v) is 3.32. The second-order valence-corrected chi connectivity index (χ2v) is 7.59. The van der Waals surface area contributed by atoms with Crippen LogP contribution in [0, 0.1) is 0 Å². The third-order valence-corrected chi connectivity index (χ3v) is 5.13. The molecule has 0 aromatic carbocycles. The van der Waals surface area contributed by atoms with Crippen molar-refractivity contribution in [3.8, 4) is 0 Å². The zero-order chi connectivity index (χ0) is 20.9. The Morgan fingerprint density at radius 3 is 2.35 bits per heavy atom. The Balaban J connectivity index is 0.00000450. The number of hydrogen-bond donors (Lipinski definition) is 2. The molecule has 31 heavy (non-hydrogen) atoms. The molecule has 0 amide bonds. The smallest absolute Gasteiger partial charge is 0.421 e. The van der Waals surface area contributed by atoms with Gasteiger partial charge in [0.1, 0.15) is 0 Å². The van der Waals surface area contributed by atoms with Crippen molar-refractivity contribution in [2.45, 2.75) is 91.3 Å². The molecule has 4 N–H and O–H groups in total. The topological polar surface area (TPSA) is 103 Å². The molecule has 0 aliphatic rings. The molecule has 0 aliphatic heterocycles. The molecule has 2 rings (SSSR count). The summed E-state index contributed by atoms with van der Waals surface area (Å²) in [7, 11) is 0. The fraction of sp³-hybridized carbons (Fsp3) is 0.714. The number of nitrogen functional groups attached to an aromatic ring is 1. The van der Waals surface area contributed by atoms with Gasteiger partial charge >= 0.3 is 5.95 Å². The highest BCUT2D eigenvalue weighted by Crippen LogP contribution is 2.24. The molecular weight excluding hydrogens is 480 g/mol. The molecule has 178 valence electrons. The first-order valence-electron chi connectivity index (χ1n) is 11.2. The summed E-state index contributed by atoms with van der Waals surface area (Å²) in [6.07, 6.45) is 16.3. The summed E-state index contributed by atoms with van der Waals surface area (Å²) in [4.78, 5) is 0. The van der Waals surface area contributed by atoms with Crippen molar-refractivity contribution in [1.29, 1.82) is 0 Å². The number of unbranched alkanes of at least 4 members (excludes halogenated alkanes) is 6. The van der Waals surface area contributed by atoms with Crippen LogP contribution in [0.1, 0.15) is 71.6 Å². The maximum Gasteiger partial charge on any atom is 0.421 e. The number of nitrogens with two attached hydrogens (primary N) is 2. The summed E-state index contributed by atoms with van der Waals surface area (Å²) in [5.74, 6) is 1.42. The normalized spacial score (nSPS) is 10.9. The zero-order valence-corrected chi connectivity index (χ0v) is 21.5. The first kappa shape index (κ1) is 29.5. The summed E-state index contributed by atoms with van der Waals surface area (Å²) in [6, 6.07) is 0. The van der Waals surface area contributed by atoms with Crippen molar-refractivity contribution in [3.05, 3.63) is 18.6 Å². The summed E-state index contributed by atoms with van der Waals surface area (Å²) in [6.45, 7) is 7.69. The van der Waals surface area contributed by atoms with Gasteiger partial charge in [-0.15, -0.1) is 12.4 Å². The van der Waals surface area contributed by atoms with Crippen LogP contribution in [0.25, 0.3) is 0 Å². The van der Waals surface area contributed by atoms with E-state index in [-0.39, 0.29) is 29.4 Å². The predicted octanol–water partition coefficient (Wildman–Crippen LogP) is 1.90. The van der Waals surface area contributed by atoms with E-state index in [4.69, 9.17) is 11.5 Å². The predicted molar refractivity (Wildman–Crippen MR) is 125 cm³/mol. The Kier molecular flexibility index (Phi) is 16.3. The highest BCUT2D eigenvalue weighted by Gasteiger charge is 2.17. The van der Waals surface area contributed by atoms with E-state index in [0.29, 0.717) is 18.1 Å². The Morgan fingerprint density at radius 2 is 1.68 bits per heavy atom. The van der Waals surface area contributed by atoms with E-state index in [0.717, 1.165) is 44.8 Å². The molecule has 0 fully saturated rings. The fourth-order valence-electron chi connectivity index (χ4n) is 3.32. The van der Waals surface area contributed by atoms with Gasteiger partial charge in [0.2, 0.25) is 0 Å². The molecule has 0 spiro atoms. The first-order valence-corrected chi connectivity index (χ1v) is 11.2. The summed E-state index contributed by atoms with van der Waals surface area (Å²) < 4.78 is 6.11. The molecule has 8 nitrogen and oxygen atoms in total. The standard InChI is InChI=1S/C21H38N8.BrH.ClH/c1-3-5-7-9-13-27-16-17-28(14-11-12-22)21(27)26-25-19-18-24-29(20(19)23)15-10-8-6-4-2;;/h16-18,23H,3-15,22H2,1-2H3;2*1H. The van der Waals surface area contributed by atoms with Crippen LogP contribution in [0.3, 0.4) is 0 Å². The maximum absolute atomic E-state index is 6.24. The highest BCUT2D eigenvalue weighted by atomic mass is 79.9. The molecule has 2 aromatic rings. The Hall–Kier alpha value is -1.45. The van der Waals surface area contributed by atoms with Crippen LogP contribution in [0.15, 0.2) is 28.8 Å². The van der Waals surface area contributed by atoms with Gasteiger partial charge in [-0.3, -0.25) is 0 Å². The van der Waals surface area contributed by atoms with E-state index in [1.54, 1.807) is 6.20 Å². The quantitative estimate of drug-likeness (QED) is 0.213. The lowest BCUT2D eigenvalue weighted by Gasteiger charge is -2.03. The lowest BCUT2D eigenvalue weighted by molar-refractivity contribution is -0.684. The van der Waals surface area contributed by atoms with Gasteiger partial charge in [-0.1, -0.05) is 57.5 Å². The minimum Gasteiger partial charge on any atom is -1.00 e. The van der Waals surface area contributed by atoms with E-state index in [9.17, 15) is 0 Å². The van der Waals surface area contributed by atoms with E-state index in [1.165, 1.54) is 38.5 Å². The first-order chi connectivity index (χ1) is 14.2. The van der Waals surface area contributed by atoms with Crippen molar-refractivity contribution >= 4 is 29.9 Å². The van der Waals surface area contributed by atoms with Gasteiger partial charge in [-0.25, -0.2) is 13.8 Å². The lowest BCUT2D eigenvalue weighted by atomic mass is 10.2. The van der Waals surface area contributed by atoms with Gasteiger partial charge in [0.15, 0.2) is 11.5 Å². The highest BCUT2D eigenvalue weighted by molar-refractivity contribution is 5.85. The summed E-state index contributed by atoms with van der Waals surface area (Å²) >= 11 is 0. The van der Waals surface area contributed by atoms with E-state index < -0.39 is 0 Å². The summed E-state index contributed by atoms with van der Waals surface area (Å²) in [5, 5.41) is 13.4. The maximum atomic E-state index is 6.24. The van der Waals surface area contributed by atoms with E-state index in [1.807, 2.05) is 4.68 Å². The molecule has 0 radical (unpaired) electrons. The second-order valence-electron chi connectivity index (χ2n) is 7.59. The number of azo groups is 1. The Morgan fingerprint density at radius 1 is 0.968 bits per heavy atom. The SMILES string of the molecule is CCCCCCn1ncc(/N=N/c2n(CCCN)cc[n+]2CCCCCC)c1N.Cl.[Br-]. The van der Waals surface area contributed by atoms with Gasteiger partial charge in [0.05, 0.1) is 31.7 Å². The van der Waals surface area contributed by atoms with Crippen LogP contribution >= 0.6 is 12.4 Å². The van der Waals surface area contributed by atoms with Gasteiger partial charge in [-0.2, -0.15) is 5.10 Å². The molecular formula is C21H40BrClN8.